The Kier molecular flexibility index (Phi) is 3.02. The number of hydrogen-bond acceptors (Lipinski definition) is 3. The first-order valence-electron chi connectivity index (χ1n) is 6.32. The molecule has 1 aliphatic heterocycles. The molecular weight excluding hydrogens is 226 g/mol. The molecule has 4 nitrogen and oxygen atoms in total. The Balaban J connectivity index is 1.98. The fourth-order valence-corrected chi connectivity index (χ4v) is 2.54. The minimum absolute atomic E-state index is 0.252. The maximum absolute atomic E-state index is 5.85. The molecule has 1 aromatic heterocycles. The number of nitrogens with one attached hydrogen (secondary N) is 1. The topological polar surface area (TPSA) is 39.1 Å². The molecule has 94 valence electrons. The SMILES string of the molecule is CCNC1c2ccccc2OCC1n1ccnc1. The number of fused-ring (bicyclic) bond motifs is 1. The molecule has 2 unspecified atom stereocenters. The van der Waals surface area contributed by atoms with Crippen molar-refractivity contribution >= 4 is 0 Å². The van der Waals surface area contributed by atoms with E-state index >= 15 is 0 Å². The maximum atomic E-state index is 5.85. The van der Waals surface area contributed by atoms with Crippen molar-refractivity contribution in [2.24, 2.45) is 0 Å². The summed E-state index contributed by atoms with van der Waals surface area (Å²) in [5.74, 6) is 0.986. The molecule has 18 heavy (non-hydrogen) atoms. The van der Waals surface area contributed by atoms with E-state index in [1.54, 1.807) is 0 Å². The Morgan fingerprint density at radius 1 is 1.44 bits per heavy atom. The zero-order valence-corrected chi connectivity index (χ0v) is 10.4. The van der Waals surface area contributed by atoms with Crippen LogP contribution in [0.3, 0.4) is 0 Å². The van der Waals surface area contributed by atoms with E-state index in [4.69, 9.17) is 4.74 Å². The summed E-state index contributed by atoms with van der Waals surface area (Å²) in [5, 5.41) is 3.55. The number of likely N-dealkylation sites (N-methyl/N-ethyl adjacent to an activating group) is 1. The molecule has 3 rings (SSSR count). The van der Waals surface area contributed by atoms with E-state index in [1.807, 2.05) is 30.9 Å². The van der Waals surface area contributed by atoms with Gasteiger partial charge in [0, 0.05) is 18.0 Å². The van der Waals surface area contributed by atoms with Crippen molar-refractivity contribution in [3.05, 3.63) is 48.5 Å². The van der Waals surface area contributed by atoms with Gasteiger partial charge in [-0.15, -0.1) is 0 Å². The van der Waals surface area contributed by atoms with E-state index in [0.29, 0.717) is 6.61 Å². The van der Waals surface area contributed by atoms with E-state index < -0.39 is 0 Å². The molecule has 4 heteroatoms. The summed E-state index contributed by atoms with van der Waals surface area (Å²) in [6.45, 7) is 3.73. The number of hydrogen-bond donors (Lipinski definition) is 1. The average Bonchev–Trinajstić information content (AvgIpc) is 2.93. The number of para-hydroxylation sites is 1. The van der Waals surface area contributed by atoms with Crippen molar-refractivity contribution in [3.63, 3.8) is 0 Å². The van der Waals surface area contributed by atoms with Gasteiger partial charge in [-0.2, -0.15) is 0 Å². The third-order valence-electron chi connectivity index (χ3n) is 3.38. The summed E-state index contributed by atoms with van der Waals surface area (Å²) in [6, 6.07) is 8.76. The van der Waals surface area contributed by atoms with E-state index in [2.05, 4.69) is 33.9 Å². The Morgan fingerprint density at radius 3 is 3.11 bits per heavy atom. The van der Waals surface area contributed by atoms with Crippen molar-refractivity contribution in [2.75, 3.05) is 13.2 Å². The Morgan fingerprint density at radius 2 is 2.33 bits per heavy atom. The standard InChI is InChI=1S/C14H17N3O/c1-2-16-14-11-5-3-4-6-13(11)18-9-12(14)17-8-7-15-10-17/h3-8,10,12,14,16H,2,9H2,1H3. The molecule has 0 saturated carbocycles. The molecule has 0 amide bonds. The fraction of sp³-hybridized carbons (Fsp3) is 0.357. The minimum Gasteiger partial charge on any atom is -0.491 e. The molecule has 0 bridgehead atoms. The second kappa shape index (κ2) is 4.82. The van der Waals surface area contributed by atoms with Crippen molar-refractivity contribution in [1.29, 1.82) is 0 Å². The maximum Gasteiger partial charge on any atom is 0.124 e. The second-order valence-electron chi connectivity index (χ2n) is 4.46. The van der Waals surface area contributed by atoms with Gasteiger partial charge in [0.25, 0.3) is 0 Å². The fourth-order valence-electron chi connectivity index (χ4n) is 2.54. The lowest BCUT2D eigenvalue weighted by Crippen LogP contribution is -2.36. The van der Waals surface area contributed by atoms with Crippen LogP contribution in [0.25, 0.3) is 0 Å². The van der Waals surface area contributed by atoms with Gasteiger partial charge in [-0.25, -0.2) is 4.98 Å². The van der Waals surface area contributed by atoms with Gasteiger partial charge in [0.1, 0.15) is 12.4 Å². The number of aromatic nitrogens is 2. The van der Waals surface area contributed by atoms with Crippen LogP contribution < -0.4 is 10.1 Å². The first kappa shape index (κ1) is 11.3. The van der Waals surface area contributed by atoms with Crippen molar-refractivity contribution in [3.8, 4) is 5.75 Å². The van der Waals surface area contributed by atoms with Crippen LogP contribution in [0.2, 0.25) is 0 Å². The summed E-state index contributed by atoms with van der Waals surface area (Å²) in [4.78, 5) is 4.13. The summed E-state index contributed by atoms with van der Waals surface area (Å²) in [6.07, 6.45) is 5.65. The van der Waals surface area contributed by atoms with Crippen molar-refractivity contribution in [2.45, 2.75) is 19.0 Å². The molecule has 0 saturated heterocycles. The molecule has 2 atom stereocenters. The first-order chi connectivity index (χ1) is 8.90. The van der Waals surface area contributed by atoms with Crippen LogP contribution in [0.4, 0.5) is 0 Å². The van der Waals surface area contributed by atoms with E-state index in [0.717, 1.165) is 12.3 Å². The summed E-state index contributed by atoms with van der Waals surface area (Å²) >= 11 is 0. The lowest BCUT2D eigenvalue weighted by Gasteiger charge is -2.34. The van der Waals surface area contributed by atoms with Crippen LogP contribution in [-0.4, -0.2) is 22.7 Å². The predicted molar refractivity (Wildman–Crippen MR) is 69.6 cm³/mol. The van der Waals surface area contributed by atoms with E-state index in [-0.39, 0.29) is 12.1 Å². The van der Waals surface area contributed by atoms with Gasteiger partial charge < -0.3 is 14.6 Å². The van der Waals surface area contributed by atoms with Crippen LogP contribution in [-0.2, 0) is 0 Å². The molecule has 2 heterocycles. The smallest absolute Gasteiger partial charge is 0.124 e. The highest BCUT2D eigenvalue weighted by atomic mass is 16.5. The third-order valence-corrected chi connectivity index (χ3v) is 3.38. The Hall–Kier alpha value is -1.81. The summed E-state index contributed by atoms with van der Waals surface area (Å²) < 4.78 is 7.96. The van der Waals surface area contributed by atoms with Crippen LogP contribution in [0.1, 0.15) is 24.6 Å². The quantitative estimate of drug-likeness (QED) is 0.898. The highest BCUT2D eigenvalue weighted by molar-refractivity contribution is 5.38. The summed E-state index contributed by atoms with van der Waals surface area (Å²) in [7, 11) is 0. The normalized spacial score (nSPS) is 22.3. The number of benzene rings is 1. The molecular formula is C14H17N3O. The van der Waals surface area contributed by atoms with Crippen LogP contribution in [0.5, 0.6) is 5.75 Å². The van der Waals surface area contributed by atoms with Crippen molar-refractivity contribution in [1.82, 2.24) is 14.9 Å². The molecule has 0 spiro atoms. The molecule has 0 radical (unpaired) electrons. The molecule has 2 aromatic rings. The monoisotopic (exact) mass is 243 g/mol. The highest BCUT2D eigenvalue weighted by Crippen LogP contribution is 2.37. The van der Waals surface area contributed by atoms with Crippen LogP contribution >= 0.6 is 0 Å². The van der Waals surface area contributed by atoms with Gasteiger partial charge in [0.2, 0.25) is 0 Å². The second-order valence-corrected chi connectivity index (χ2v) is 4.46. The van der Waals surface area contributed by atoms with Crippen LogP contribution in [0, 0.1) is 0 Å². The van der Waals surface area contributed by atoms with Gasteiger partial charge in [-0.3, -0.25) is 0 Å². The molecule has 1 N–H and O–H groups in total. The van der Waals surface area contributed by atoms with E-state index in [1.165, 1.54) is 5.56 Å². The largest absolute Gasteiger partial charge is 0.491 e. The van der Waals surface area contributed by atoms with Crippen LogP contribution in [0.15, 0.2) is 43.0 Å². The predicted octanol–water partition coefficient (Wildman–Crippen LogP) is 2.17. The zero-order chi connectivity index (χ0) is 12.4. The van der Waals surface area contributed by atoms with Crippen molar-refractivity contribution < 1.29 is 4.74 Å². The number of ether oxygens (including phenoxy) is 1. The molecule has 1 aliphatic rings. The molecule has 0 fully saturated rings. The molecule has 0 aliphatic carbocycles. The number of nitrogens with zero attached hydrogens (tertiary/aromatic N) is 2. The van der Waals surface area contributed by atoms with Gasteiger partial charge in [0.05, 0.1) is 18.4 Å². The summed E-state index contributed by atoms with van der Waals surface area (Å²) in [5.41, 5.74) is 1.23. The van der Waals surface area contributed by atoms with Gasteiger partial charge >= 0.3 is 0 Å². The van der Waals surface area contributed by atoms with Gasteiger partial charge in [0.15, 0.2) is 0 Å². The Labute approximate surface area is 107 Å². The highest BCUT2D eigenvalue weighted by Gasteiger charge is 2.30. The number of rotatable bonds is 3. The minimum atomic E-state index is 0.252. The average molecular weight is 243 g/mol. The lowest BCUT2D eigenvalue weighted by molar-refractivity contribution is 0.180. The van der Waals surface area contributed by atoms with Gasteiger partial charge in [-0.05, 0) is 12.6 Å². The molecule has 1 aromatic carbocycles. The Bertz CT molecular complexity index is 510. The zero-order valence-electron chi connectivity index (χ0n) is 10.4. The van der Waals surface area contributed by atoms with Gasteiger partial charge in [-0.1, -0.05) is 25.1 Å². The lowest BCUT2D eigenvalue weighted by atomic mass is 9.96. The van der Waals surface area contributed by atoms with E-state index in [9.17, 15) is 0 Å². The third kappa shape index (κ3) is 1.88. The number of imidazole rings is 1. The first-order valence-corrected chi connectivity index (χ1v) is 6.32.